The van der Waals surface area contributed by atoms with Gasteiger partial charge in [0.1, 0.15) is 17.2 Å². The molecule has 3 heterocycles. The highest BCUT2D eigenvalue weighted by Crippen LogP contribution is 2.37. The predicted octanol–water partition coefficient (Wildman–Crippen LogP) is 4.19. The van der Waals surface area contributed by atoms with Crippen molar-refractivity contribution in [3.8, 4) is 17.0 Å². The molecule has 0 N–H and O–H groups in total. The van der Waals surface area contributed by atoms with Gasteiger partial charge in [0.05, 0.1) is 18.8 Å². The first-order valence-corrected chi connectivity index (χ1v) is 9.49. The van der Waals surface area contributed by atoms with Gasteiger partial charge in [-0.25, -0.2) is 0 Å². The molecule has 1 amide bonds. The normalized spacial score (nSPS) is 16.5. The summed E-state index contributed by atoms with van der Waals surface area (Å²) in [5, 5.41) is 8.18. The van der Waals surface area contributed by atoms with E-state index in [2.05, 4.69) is 10.3 Å². The van der Waals surface area contributed by atoms with Gasteiger partial charge in [0, 0.05) is 30.2 Å². The summed E-state index contributed by atoms with van der Waals surface area (Å²) in [5.74, 6) is 1.64. The number of likely N-dealkylation sites (tertiary alicyclic amines) is 1. The topological polar surface area (TPSA) is 81.6 Å². The van der Waals surface area contributed by atoms with E-state index in [1.54, 1.807) is 13.2 Å². The van der Waals surface area contributed by atoms with Gasteiger partial charge >= 0.3 is 0 Å². The summed E-state index contributed by atoms with van der Waals surface area (Å²) in [6.07, 6.45) is 2.57. The van der Waals surface area contributed by atoms with E-state index in [4.69, 9.17) is 13.8 Å². The van der Waals surface area contributed by atoms with Crippen LogP contribution < -0.4 is 4.74 Å². The van der Waals surface area contributed by atoms with Gasteiger partial charge in [-0.3, -0.25) is 4.79 Å². The summed E-state index contributed by atoms with van der Waals surface area (Å²) in [4.78, 5) is 15.0. The zero-order valence-corrected chi connectivity index (χ0v) is 16.3. The van der Waals surface area contributed by atoms with E-state index >= 15 is 0 Å². The molecule has 1 aliphatic heterocycles. The molecule has 2 aromatic heterocycles. The van der Waals surface area contributed by atoms with Crippen molar-refractivity contribution in [3.05, 3.63) is 53.1 Å². The van der Waals surface area contributed by atoms with Crippen LogP contribution in [0.3, 0.4) is 0 Å². The number of carbonyl (C=O) groups is 1. The molecule has 0 saturated carbocycles. The van der Waals surface area contributed by atoms with Gasteiger partial charge in [-0.1, -0.05) is 29.4 Å². The van der Waals surface area contributed by atoms with Crippen LogP contribution in [0, 0.1) is 6.92 Å². The third-order valence-corrected chi connectivity index (χ3v) is 5.24. The third kappa shape index (κ3) is 3.17. The highest BCUT2D eigenvalue weighted by Gasteiger charge is 2.36. The van der Waals surface area contributed by atoms with Crippen molar-refractivity contribution in [2.45, 2.75) is 39.2 Å². The molecule has 1 fully saturated rings. The number of amides is 1. The third-order valence-electron chi connectivity index (χ3n) is 5.24. The van der Waals surface area contributed by atoms with Crippen molar-refractivity contribution >= 4 is 5.91 Å². The summed E-state index contributed by atoms with van der Waals surface area (Å²) in [5.41, 5.74) is 3.31. The molecule has 0 unspecified atom stereocenters. The number of aromatic nitrogens is 2. The molecule has 4 rings (SSSR count). The largest absolute Gasteiger partial charge is 0.497 e. The minimum absolute atomic E-state index is 0.0425. The molecule has 0 spiro atoms. The predicted molar refractivity (Wildman–Crippen MR) is 102 cm³/mol. The molecule has 28 heavy (non-hydrogen) atoms. The Morgan fingerprint density at radius 2 is 2.14 bits per heavy atom. The Kier molecular flexibility index (Phi) is 4.90. The second-order valence-corrected chi connectivity index (χ2v) is 6.92. The average Bonchev–Trinajstić information content (AvgIpc) is 3.46. The molecule has 7 heteroatoms. The Hall–Kier alpha value is -3.09. The number of rotatable bonds is 5. The van der Waals surface area contributed by atoms with Crippen LogP contribution in [-0.4, -0.2) is 34.8 Å². The van der Waals surface area contributed by atoms with Crippen molar-refractivity contribution in [3.63, 3.8) is 0 Å². The van der Waals surface area contributed by atoms with Crippen LogP contribution in [0.4, 0.5) is 0 Å². The monoisotopic (exact) mass is 381 g/mol. The van der Waals surface area contributed by atoms with E-state index in [1.807, 2.05) is 43.0 Å². The number of hydrogen-bond donors (Lipinski definition) is 0. The molecule has 3 aromatic rings. The zero-order valence-electron chi connectivity index (χ0n) is 16.3. The van der Waals surface area contributed by atoms with Crippen molar-refractivity contribution in [2.75, 3.05) is 13.7 Å². The van der Waals surface area contributed by atoms with Gasteiger partial charge in [0.15, 0.2) is 0 Å². The lowest BCUT2D eigenvalue weighted by Crippen LogP contribution is -2.30. The van der Waals surface area contributed by atoms with Crippen LogP contribution in [0.25, 0.3) is 11.3 Å². The fraction of sp³-hybridized carbons (Fsp3) is 0.381. The number of ether oxygens (including phenoxy) is 1. The lowest BCUT2D eigenvalue weighted by Gasteiger charge is -2.23. The van der Waals surface area contributed by atoms with E-state index in [9.17, 15) is 4.79 Å². The molecule has 0 radical (unpaired) electrons. The number of methoxy groups -OCH3 is 1. The molecule has 1 saturated heterocycles. The maximum absolute atomic E-state index is 13.1. The number of aryl methyl sites for hydroxylation is 2. The van der Waals surface area contributed by atoms with Gasteiger partial charge in [-0.15, -0.1) is 0 Å². The number of hydrogen-bond acceptors (Lipinski definition) is 6. The maximum Gasteiger partial charge on any atom is 0.293 e. The minimum Gasteiger partial charge on any atom is -0.497 e. The lowest BCUT2D eigenvalue weighted by molar-refractivity contribution is 0.0692. The van der Waals surface area contributed by atoms with E-state index in [-0.39, 0.29) is 17.7 Å². The fourth-order valence-electron chi connectivity index (χ4n) is 3.85. The van der Waals surface area contributed by atoms with Gasteiger partial charge in [-0.2, -0.15) is 0 Å². The Morgan fingerprint density at radius 3 is 2.93 bits per heavy atom. The number of carbonyl (C=O) groups excluding carboxylic acids is 1. The number of benzene rings is 1. The summed E-state index contributed by atoms with van der Waals surface area (Å²) >= 11 is 0. The SMILES string of the molecule is CCc1onc(C)c1[C@H]1CCCN1C(=O)c1cc(-c2cccc(OC)c2)no1. The molecule has 1 atom stereocenters. The van der Waals surface area contributed by atoms with Crippen LogP contribution in [0.5, 0.6) is 5.75 Å². The average molecular weight is 381 g/mol. The molecule has 0 aliphatic carbocycles. The van der Waals surface area contributed by atoms with Crippen LogP contribution >= 0.6 is 0 Å². The smallest absolute Gasteiger partial charge is 0.293 e. The van der Waals surface area contributed by atoms with E-state index in [0.717, 1.165) is 47.6 Å². The fourth-order valence-corrected chi connectivity index (χ4v) is 3.85. The van der Waals surface area contributed by atoms with Crippen molar-refractivity contribution in [2.24, 2.45) is 0 Å². The van der Waals surface area contributed by atoms with E-state index in [0.29, 0.717) is 12.2 Å². The highest BCUT2D eigenvalue weighted by molar-refractivity contribution is 5.93. The van der Waals surface area contributed by atoms with Crippen LogP contribution in [0.15, 0.2) is 39.4 Å². The Morgan fingerprint density at radius 1 is 1.29 bits per heavy atom. The Labute approximate surface area is 163 Å². The molecular formula is C21H23N3O4. The quantitative estimate of drug-likeness (QED) is 0.659. The second kappa shape index (κ2) is 7.50. The van der Waals surface area contributed by atoms with Gasteiger partial charge in [0.25, 0.3) is 5.91 Å². The molecule has 1 aliphatic rings. The summed E-state index contributed by atoms with van der Waals surface area (Å²) < 4.78 is 16.1. The van der Waals surface area contributed by atoms with Crippen LogP contribution in [-0.2, 0) is 6.42 Å². The first-order chi connectivity index (χ1) is 13.6. The van der Waals surface area contributed by atoms with E-state index in [1.165, 1.54) is 0 Å². The van der Waals surface area contributed by atoms with Crippen molar-refractivity contribution in [1.82, 2.24) is 15.2 Å². The molecule has 7 nitrogen and oxygen atoms in total. The van der Waals surface area contributed by atoms with Gasteiger partial charge in [0.2, 0.25) is 5.76 Å². The molecular weight excluding hydrogens is 358 g/mol. The van der Waals surface area contributed by atoms with E-state index < -0.39 is 0 Å². The highest BCUT2D eigenvalue weighted by atomic mass is 16.5. The molecule has 146 valence electrons. The standard InChI is InChI=1S/C21H23N3O4/c1-4-18-20(13(2)22-27-18)17-9-6-10-24(17)21(25)19-12-16(23-28-19)14-7-5-8-15(11-14)26-3/h5,7-8,11-12,17H,4,6,9-10H2,1-3H3/t17-/m1/s1. The molecule has 0 bridgehead atoms. The zero-order chi connectivity index (χ0) is 19.7. The van der Waals surface area contributed by atoms with Gasteiger partial charge < -0.3 is 18.7 Å². The van der Waals surface area contributed by atoms with Crippen molar-refractivity contribution in [1.29, 1.82) is 0 Å². The first-order valence-electron chi connectivity index (χ1n) is 9.49. The van der Waals surface area contributed by atoms with Crippen LogP contribution in [0.2, 0.25) is 0 Å². The second-order valence-electron chi connectivity index (χ2n) is 6.92. The first kappa shape index (κ1) is 18.3. The van der Waals surface area contributed by atoms with Crippen LogP contribution in [0.1, 0.15) is 53.4 Å². The molecule has 1 aromatic carbocycles. The Balaban J connectivity index is 1.60. The summed E-state index contributed by atoms with van der Waals surface area (Å²) in [6, 6.07) is 9.14. The van der Waals surface area contributed by atoms with Crippen molar-refractivity contribution < 1.29 is 18.6 Å². The minimum atomic E-state index is -0.160. The van der Waals surface area contributed by atoms with Gasteiger partial charge in [-0.05, 0) is 31.9 Å². The summed E-state index contributed by atoms with van der Waals surface area (Å²) in [7, 11) is 1.61. The lowest BCUT2D eigenvalue weighted by atomic mass is 10.0. The number of nitrogens with zero attached hydrogens (tertiary/aromatic N) is 3. The summed E-state index contributed by atoms with van der Waals surface area (Å²) in [6.45, 7) is 4.63. The Bertz CT molecular complexity index is 991. The maximum atomic E-state index is 13.1.